The molecule has 6 heteroatoms. The number of hydrogen-bond acceptors (Lipinski definition) is 4. The third-order valence-corrected chi connectivity index (χ3v) is 4.64. The van der Waals surface area contributed by atoms with Gasteiger partial charge in [-0.1, -0.05) is 39.0 Å². The number of carbonyl (C=O) groups excluding carboxylic acids is 1. The number of para-hydroxylation sites is 1. The molecule has 0 unspecified atom stereocenters. The molecule has 128 valence electrons. The van der Waals surface area contributed by atoms with E-state index in [9.17, 15) is 4.79 Å². The van der Waals surface area contributed by atoms with Crippen molar-refractivity contribution < 1.29 is 9.53 Å². The van der Waals surface area contributed by atoms with Crippen molar-refractivity contribution in [2.75, 3.05) is 17.7 Å². The first-order chi connectivity index (χ1) is 11.2. The Hall–Kier alpha value is -1.92. The Bertz CT molecular complexity index is 761. The van der Waals surface area contributed by atoms with Gasteiger partial charge in [-0.25, -0.2) is 4.79 Å². The minimum absolute atomic E-state index is 0.00406. The molecular weight excluding hydrogens is 340 g/mol. The number of nitrogens with one attached hydrogen (secondary N) is 2. The molecule has 0 aliphatic carbocycles. The van der Waals surface area contributed by atoms with Crippen LogP contribution in [0.3, 0.4) is 0 Å². The Labute approximate surface area is 152 Å². The van der Waals surface area contributed by atoms with Gasteiger partial charge in [-0.2, -0.15) is 0 Å². The SMILES string of the molecule is COC(=O)c1cc(C)sc1NC(=S)Nc1ccccc1C(C)(C)C. The van der Waals surface area contributed by atoms with E-state index in [2.05, 4.69) is 37.5 Å². The Balaban J connectivity index is 2.20. The number of thiocarbonyl (C=S) groups is 1. The third kappa shape index (κ3) is 4.33. The lowest BCUT2D eigenvalue weighted by Gasteiger charge is -2.23. The average Bonchev–Trinajstić information content (AvgIpc) is 2.86. The van der Waals surface area contributed by atoms with Crippen molar-refractivity contribution in [1.82, 2.24) is 0 Å². The Kier molecular flexibility index (Phi) is 5.62. The van der Waals surface area contributed by atoms with Crippen LogP contribution in [0.25, 0.3) is 0 Å². The topological polar surface area (TPSA) is 50.4 Å². The zero-order chi connectivity index (χ0) is 17.9. The van der Waals surface area contributed by atoms with Crippen molar-refractivity contribution in [2.24, 2.45) is 0 Å². The van der Waals surface area contributed by atoms with E-state index < -0.39 is 0 Å². The van der Waals surface area contributed by atoms with Crippen LogP contribution in [-0.2, 0) is 10.2 Å². The molecule has 4 nitrogen and oxygen atoms in total. The molecule has 2 aromatic rings. The van der Waals surface area contributed by atoms with Crippen molar-refractivity contribution in [3.8, 4) is 0 Å². The lowest BCUT2D eigenvalue weighted by Crippen LogP contribution is -2.23. The minimum atomic E-state index is -0.375. The van der Waals surface area contributed by atoms with Gasteiger partial charge < -0.3 is 15.4 Å². The van der Waals surface area contributed by atoms with Gasteiger partial charge in [-0.3, -0.25) is 0 Å². The van der Waals surface area contributed by atoms with Crippen molar-refractivity contribution in [2.45, 2.75) is 33.1 Å². The van der Waals surface area contributed by atoms with E-state index in [0.717, 1.165) is 10.6 Å². The number of benzene rings is 1. The fraction of sp³-hybridized carbons (Fsp3) is 0.333. The molecule has 0 fully saturated rings. The number of methoxy groups -OCH3 is 1. The molecule has 24 heavy (non-hydrogen) atoms. The van der Waals surface area contributed by atoms with Crippen molar-refractivity contribution in [3.05, 3.63) is 46.3 Å². The summed E-state index contributed by atoms with van der Waals surface area (Å²) in [5.41, 5.74) is 2.61. The number of thiophene rings is 1. The number of carbonyl (C=O) groups is 1. The molecule has 2 N–H and O–H groups in total. The highest BCUT2D eigenvalue weighted by molar-refractivity contribution is 7.80. The predicted octanol–water partition coefficient (Wildman–Crippen LogP) is 4.95. The van der Waals surface area contributed by atoms with Crippen molar-refractivity contribution >= 4 is 45.3 Å². The van der Waals surface area contributed by atoms with Gasteiger partial charge in [0.15, 0.2) is 5.11 Å². The van der Waals surface area contributed by atoms with Crippen LogP contribution in [0, 0.1) is 6.92 Å². The van der Waals surface area contributed by atoms with Gasteiger partial charge in [0.05, 0.1) is 12.7 Å². The summed E-state index contributed by atoms with van der Waals surface area (Å²) >= 11 is 6.89. The molecule has 0 bridgehead atoms. The Morgan fingerprint density at radius 1 is 1.21 bits per heavy atom. The fourth-order valence-corrected chi connectivity index (χ4v) is 3.55. The highest BCUT2D eigenvalue weighted by Crippen LogP contribution is 2.31. The van der Waals surface area contributed by atoms with E-state index in [-0.39, 0.29) is 11.4 Å². The summed E-state index contributed by atoms with van der Waals surface area (Å²) in [7, 11) is 1.37. The number of esters is 1. The van der Waals surface area contributed by atoms with Crippen LogP contribution in [0.5, 0.6) is 0 Å². The first-order valence-corrected chi connectivity index (χ1v) is 8.81. The minimum Gasteiger partial charge on any atom is -0.465 e. The standard InChI is InChI=1S/C18H22N2O2S2/c1-11-10-12(16(21)22-5)15(24-11)20-17(23)19-14-9-7-6-8-13(14)18(2,3)4/h6-10H,1-5H3,(H2,19,20,23). The van der Waals surface area contributed by atoms with Crippen molar-refractivity contribution in [1.29, 1.82) is 0 Å². The van der Waals surface area contributed by atoms with Gasteiger partial charge in [-0.15, -0.1) is 11.3 Å². The molecule has 0 saturated carbocycles. The molecule has 0 atom stereocenters. The Morgan fingerprint density at radius 2 is 1.88 bits per heavy atom. The monoisotopic (exact) mass is 362 g/mol. The zero-order valence-electron chi connectivity index (χ0n) is 14.5. The summed E-state index contributed by atoms with van der Waals surface area (Å²) in [6.45, 7) is 8.40. The van der Waals surface area contributed by atoms with E-state index >= 15 is 0 Å². The lowest BCUT2D eigenvalue weighted by atomic mass is 9.86. The molecular formula is C18H22N2O2S2. The number of anilines is 2. The smallest absolute Gasteiger partial charge is 0.340 e. The van der Waals surface area contributed by atoms with Crippen LogP contribution in [0.4, 0.5) is 10.7 Å². The van der Waals surface area contributed by atoms with Gasteiger partial charge in [0.1, 0.15) is 5.00 Å². The second-order valence-corrected chi connectivity index (χ2v) is 8.13. The van der Waals surface area contributed by atoms with E-state index in [4.69, 9.17) is 17.0 Å². The maximum atomic E-state index is 11.9. The van der Waals surface area contributed by atoms with Gasteiger partial charge >= 0.3 is 5.97 Å². The lowest BCUT2D eigenvalue weighted by molar-refractivity contribution is 0.0602. The molecule has 2 rings (SSSR count). The molecule has 1 aromatic carbocycles. The van der Waals surface area contributed by atoms with Gasteiger partial charge in [0.2, 0.25) is 0 Å². The van der Waals surface area contributed by atoms with E-state index in [0.29, 0.717) is 15.7 Å². The average molecular weight is 363 g/mol. The second kappa shape index (κ2) is 7.32. The maximum absolute atomic E-state index is 11.9. The van der Waals surface area contributed by atoms with E-state index in [1.54, 1.807) is 6.07 Å². The molecule has 1 aromatic heterocycles. The zero-order valence-corrected chi connectivity index (χ0v) is 16.2. The summed E-state index contributed by atoms with van der Waals surface area (Å²) in [5.74, 6) is -0.375. The van der Waals surface area contributed by atoms with Crippen LogP contribution in [0.2, 0.25) is 0 Å². The highest BCUT2D eigenvalue weighted by atomic mass is 32.1. The molecule has 0 aliphatic heterocycles. The predicted molar refractivity (Wildman–Crippen MR) is 105 cm³/mol. The van der Waals surface area contributed by atoms with E-state index in [1.165, 1.54) is 24.0 Å². The molecule has 0 spiro atoms. The van der Waals surface area contributed by atoms with Crippen molar-refractivity contribution in [3.63, 3.8) is 0 Å². The number of ether oxygens (including phenoxy) is 1. The van der Waals surface area contributed by atoms with E-state index in [1.807, 2.05) is 25.1 Å². The van der Waals surface area contributed by atoms with Crippen LogP contribution >= 0.6 is 23.6 Å². The van der Waals surface area contributed by atoms with Gasteiger partial charge in [0, 0.05) is 10.6 Å². The number of aryl methyl sites for hydroxylation is 1. The van der Waals surface area contributed by atoms with Crippen LogP contribution in [-0.4, -0.2) is 18.2 Å². The quantitative estimate of drug-likeness (QED) is 0.598. The van der Waals surface area contributed by atoms with Crippen LogP contribution in [0.15, 0.2) is 30.3 Å². The summed E-state index contributed by atoms with van der Waals surface area (Å²) in [6.07, 6.45) is 0. The molecule has 0 amide bonds. The number of rotatable bonds is 3. The summed E-state index contributed by atoms with van der Waals surface area (Å²) in [6, 6.07) is 9.86. The first-order valence-electron chi connectivity index (χ1n) is 7.58. The largest absolute Gasteiger partial charge is 0.465 e. The maximum Gasteiger partial charge on any atom is 0.340 e. The number of hydrogen-bond donors (Lipinski definition) is 2. The molecule has 1 heterocycles. The van der Waals surface area contributed by atoms with Gasteiger partial charge in [-0.05, 0) is 42.3 Å². The van der Waals surface area contributed by atoms with Crippen LogP contribution in [0.1, 0.15) is 41.6 Å². The van der Waals surface area contributed by atoms with Crippen LogP contribution < -0.4 is 10.6 Å². The third-order valence-electron chi connectivity index (χ3n) is 3.47. The molecule has 0 radical (unpaired) electrons. The first kappa shape index (κ1) is 18.4. The van der Waals surface area contributed by atoms with Gasteiger partial charge in [0.25, 0.3) is 0 Å². The summed E-state index contributed by atoms with van der Waals surface area (Å²) < 4.78 is 4.82. The second-order valence-electron chi connectivity index (χ2n) is 6.47. The fourth-order valence-electron chi connectivity index (χ4n) is 2.37. The molecule has 0 aliphatic rings. The summed E-state index contributed by atoms with van der Waals surface area (Å²) in [4.78, 5) is 12.9. The molecule has 0 saturated heterocycles. The normalized spacial score (nSPS) is 11.0. The highest BCUT2D eigenvalue weighted by Gasteiger charge is 2.19. The summed E-state index contributed by atoms with van der Waals surface area (Å²) in [5, 5.41) is 7.47. The Morgan fingerprint density at radius 3 is 2.50 bits per heavy atom.